The highest BCUT2D eigenvalue weighted by molar-refractivity contribution is 6.07. The Morgan fingerprint density at radius 1 is 1.06 bits per heavy atom. The summed E-state index contributed by atoms with van der Waals surface area (Å²) in [7, 11) is 1.58. The van der Waals surface area contributed by atoms with Crippen LogP contribution in [0.5, 0.6) is 17.2 Å². The van der Waals surface area contributed by atoms with E-state index in [-0.39, 0.29) is 12.0 Å². The first-order chi connectivity index (χ1) is 15.6. The highest BCUT2D eigenvalue weighted by Gasteiger charge is 2.29. The number of carbonyl (C=O) groups excluding carboxylic acids is 1. The number of likely N-dealkylation sites (tertiary alicyclic amines) is 1. The average molecular weight is 437 g/mol. The Morgan fingerprint density at radius 2 is 1.84 bits per heavy atom. The molecular formula is C25H28N2O5. The van der Waals surface area contributed by atoms with Crippen LogP contribution in [0.15, 0.2) is 54.3 Å². The number of benzene rings is 2. The Morgan fingerprint density at radius 3 is 2.53 bits per heavy atom. The van der Waals surface area contributed by atoms with Crippen molar-refractivity contribution in [1.82, 2.24) is 4.90 Å². The number of nitrogens with zero attached hydrogens (tertiary/aromatic N) is 2. The Labute approximate surface area is 187 Å². The van der Waals surface area contributed by atoms with Gasteiger partial charge in [-0.3, -0.25) is 9.69 Å². The smallest absolute Gasteiger partial charge is 0.294 e. The fourth-order valence-corrected chi connectivity index (χ4v) is 4.09. The lowest BCUT2D eigenvalue weighted by atomic mass is 10.1. The number of anilines is 1. The summed E-state index contributed by atoms with van der Waals surface area (Å²) in [5.74, 6) is 2.72. The van der Waals surface area contributed by atoms with Crippen LogP contribution in [0.25, 0.3) is 0 Å². The largest absolute Gasteiger partial charge is 0.493 e. The number of carbonyl (C=O) groups is 1. The Balaban J connectivity index is 1.19. The fourth-order valence-electron chi connectivity index (χ4n) is 4.09. The first-order valence-corrected chi connectivity index (χ1v) is 11.1. The van der Waals surface area contributed by atoms with E-state index in [9.17, 15) is 9.90 Å². The molecule has 2 fully saturated rings. The van der Waals surface area contributed by atoms with Crippen LogP contribution in [0, 0.1) is 0 Å². The number of methoxy groups -OCH3 is 1. The Bertz CT molecular complexity index is 1010. The second-order valence-corrected chi connectivity index (χ2v) is 8.53. The van der Waals surface area contributed by atoms with Gasteiger partial charge in [-0.1, -0.05) is 12.1 Å². The summed E-state index contributed by atoms with van der Waals surface area (Å²) in [5.41, 5.74) is 2.06. The SMILES string of the molecule is COc1cc(N2CC=C(Oc3ccc(C4CC4)cc3)C2=O)ccc1OCCN1CC(O)C1. The van der Waals surface area contributed by atoms with Gasteiger partial charge in [-0.2, -0.15) is 0 Å². The lowest BCUT2D eigenvalue weighted by molar-refractivity contribution is -0.116. The molecule has 1 saturated carbocycles. The maximum absolute atomic E-state index is 12.9. The number of ether oxygens (including phenoxy) is 3. The zero-order valence-electron chi connectivity index (χ0n) is 18.2. The molecule has 0 atom stereocenters. The summed E-state index contributed by atoms with van der Waals surface area (Å²) < 4.78 is 17.2. The van der Waals surface area contributed by atoms with E-state index in [0.29, 0.717) is 55.2 Å². The number of amides is 1. The maximum Gasteiger partial charge on any atom is 0.294 e. The highest BCUT2D eigenvalue weighted by Crippen LogP contribution is 2.40. The molecule has 168 valence electrons. The number of aliphatic hydroxyl groups excluding tert-OH is 1. The molecule has 0 radical (unpaired) electrons. The van der Waals surface area contributed by atoms with Crippen molar-refractivity contribution in [2.75, 3.05) is 44.8 Å². The van der Waals surface area contributed by atoms with Gasteiger partial charge in [0.15, 0.2) is 17.3 Å². The van der Waals surface area contributed by atoms with Gasteiger partial charge in [0.1, 0.15) is 12.4 Å². The van der Waals surface area contributed by atoms with Gasteiger partial charge < -0.3 is 24.2 Å². The lowest BCUT2D eigenvalue weighted by Gasteiger charge is -2.35. The zero-order valence-corrected chi connectivity index (χ0v) is 18.2. The molecule has 32 heavy (non-hydrogen) atoms. The fraction of sp³-hybridized carbons (Fsp3) is 0.400. The summed E-state index contributed by atoms with van der Waals surface area (Å²) >= 11 is 0. The van der Waals surface area contributed by atoms with Crippen LogP contribution >= 0.6 is 0 Å². The number of rotatable bonds is 9. The molecule has 5 rings (SSSR count). The third-order valence-corrected chi connectivity index (χ3v) is 6.13. The van der Waals surface area contributed by atoms with E-state index in [1.165, 1.54) is 18.4 Å². The second kappa shape index (κ2) is 8.84. The molecule has 1 amide bonds. The predicted octanol–water partition coefficient (Wildman–Crippen LogP) is 2.94. The quantitative estimate of drug-likeness (QED) is 0.652. The first-order valence-electron chi connectivity index (χ1n) is 11.1. The molecule has 3 aliphatic rings. The Hall–Kier alpha value is -3.03. The number of β-amino-alcohol motifs (C(OH)–C–C–N with tert-alkyl or cyclic N) is 1. The van der Waals surface area contributed by atoms with Crippen LogP contribution in [-0.2, 0) is 4.79 Å². The van der Waals surface area contributed by atoms with Crippen molar-refractivity contribution in [2.24, 2.45) is 0 Å². The van der Waals surface area contributed by atoms with E-state index in [0.717, 1.165) is 12.2 Å². The van der Waals surface area contributed by atoms with Gasteiger partial charge in [-0.15, -0.1) is 0 Å². The number of hydrogen-bond donors (Lipinski definition) is 1. The normalized spacial score (nSPS) is 19.0. The summed E-state index contributed by atoms with van der Waals surface area (Å²) in [6.45, 7) is 3.08. The molecule has 7 nitrogen and oxygen atoms in total. The third-order valence-electron chi connectivity index (χ3n) is 6.13. The molecular weight excluding hydrogens is 408 g/mol. The maximum atomic E-state index is 12.9. The minimum absolute atomic E-state index is 0.177. The van der Waals surface area contributed by atoms with Crippen molar-refractivity contribution >= 4 is 11.6 Å². The lowest BCUT2D eigenvalue weighted by Crippen LogP contribution is -2.51. The molecule has 2 heterocycles. The molecule has 7 heteroatoms. The van der Waals surface area contributed by atoms with Crippen LogP contribution < -0.4 is 19.1 Å². The van der Waals surface area contributed by atoms with E-state index < -0.39 is 0 Å². The number of aliphatic hydroxyl groups is 1. The van der Waals surface area contributed by atoms with E-state index in [1.54, 1.807) is 18.1 Å². The third kappa shape index (κ3) is 4.45. The first kappa shape index (κ1) is 20.8. The minimum Gasteiger partial charge on any atom is -0.493 e. The van der Waals surface area contributed by atoms with Crippen molar-refractivity contribution < 1.29 is 24.1 Å². The van der Waals surface area contributed by atoms with Crippen LogP contribution in [0.2, 0.25) is 0 Å². The zero-order chi connectivity index (χ0) is 22.1. The highest BCUT2D eigenvalue weighted by atomic mass is 16.5. The van der Waals surface area contributed by atoms with Crippen molar-refractivity contribution in [3.05, 3.63) is 59.9 Å². The predicted molar refractivity (Wildman–Crippen MR) is 120 cm³/mol. The Kier molecular flexibility index (Phi) is 5.76. The van der Waals surface area contributed by atoms with E-state index in [2.05, 4.69) is 17.0 Å². The van der Waals surface area contributed by atoms with Crippen molar-refractivity contribution in [1.29, 1.82) is 0 Å². The van der Waals surface area contributed by atoms with Crippen LogP contribution in [0.3, 0.4) is 0 Å². The van der Waals surface area contributed by atoms with Crippen LogP contribution in [0.1, 0.15) is 24.3 Å². The summed E-state index contributed by atoms with van der Waals surface area (Å²) in [6, 6.07) is 13.5. The van der Waals surface area contributed by atoms with Gasteiger partial charge in [0.25, 0.3) is 5.91 Å². The minimum atomic E-state index is -0.216. The number of hydrogen-bond acceptors (Lipinski definition) is 6. The molecule has 1 saturated heterocycles. The van der Waals surface area contributed by atoms with Gasteiger partial charge >= 0.3 is 0 Å². The monoisotopic (exact) mass is 436 g/mol. The molecule has 0 unspecified atom stereocenters. The van der Waals surface area contributed by atoms with E-state index in [1.807, 2.05) is 30.3 Å². The van der Waals surface area contributed by atoms with Crippen molar-refractivity contribution in [3.63, 3.8) is 0 Å². The molecule has 0 bridgehead atoms. The standard InChI is InChI=1S/C25H28N2O5/c1-30-24-14-19(6-9-22(24)31-13-12-26-15-20(28)16-26)27-11-10-23(25(27)29)32-21-7-4-18(5-8-21)17-2-3-17/h4-10,14,17,20,28H,2-3,11-13,15-16H2,1H3. The van der Waals surface area contributed by atoms with Crippen LogP contribution in [-0.4, -0.2) is 61.9 Å². The summed E-state index contributed by atoms with van der Waals surface area (Å²) in [4.78, 5) is 16.7. The summed E-state index contributed by atoms with van der Waals surface area (Å²) in [6.07, 6.45) is 4.10. The molecule has 2 aromatic rings. The van der Waals surface area contributed by atoms with E-state index in [4.69, 9.17) is 14.2 Å². The molecule has 0 aromatic heterocycles. The van der Waals surface area contributed by atoms with Crippen LogP contribution in [0.4, 0.5) is 5.69 Å². The van der Waals surface area contributed by atoms with Gasteiger partial charge in [0.05, 0.1) is 13.2 Å². The average Bonchev–Trinajstić information content (AvgIpc) is 3.57. The van der Waals surface area contributed by atoms with Crippen molar-refractivity contribution in [3.8, 4) is 17.2 Å². The topological polar surface area (TPSA) is 71.5 Å². The van der Waals surface area contributed by atoms with Gasteiger partial charge in [-0.05, 0) is 54.7 Å². The van der Waals surface area contributed by atoms with Gasteiger partial charge in [0, 0.05) is 37.9 Å². The summed E-state index contributed by atoms with van der Waals surface area (Å²) in [5, 5.41) is 9.36. The molecule has 2 aromatic carbocycles. The molecule has 1 N–H and O–H groups in total. The van der Waals surface area contributed by atoms with E-state index >= 15 is 0 Å². The molecule has 1 aliphatic carbocycles. The van der Waals surface area contributed by atoms with Gasteiger partial charge in [-0.25, -0.2) is 0 Å². The second-order valence-electron chi connectivity index (χ2n) is 8.53. The molecule has 2 aliphatic heterocycles. The van der Waals surface area contributed by atoms with Crippen molar-refractivity contribution in [2.45, 2.75) is 24.9 Å². The molecule has 0 spiro atoms. The van der Waals surface area contributed by atoms with Gasteiger partial charge in [0.2, 0.25) is 0 Å².